The number of aromatic nitrogens is 1. The lowest BCUT2D eigenvalue weighted by Crippen LogP contribution is -2.30. The van der Waals surface area contributed by atoms with E-state index in [1.165, 1.54) is 0 Å². The average molecular weight is 364 g/mol. The number of para-hydroxylation sites is 1. The molecule has 5 nitrogen and oxygen atoms in total. The van der Waals surface area contributed by atoms with Crippen molar-refractivity contribution < 1.29 is 9.59 Å². The van der Waals surface area contributed by atoms with Crippen molar-refractivity contribution in [2.24, 2.45) is 0 Å². The number of benzene rings is 2. The van der Waals surface area contributed by atoms with Gasteiger partial charge in [-0.25, -0.2) is 9.69 Å². The van der Waals surface area contributed by atoms with E-state index >= 15 is 0 Å². The van der Waals surface area contributed by atoms with Crippen LogP contribution in [0.5, 0.6) is 0 Å². The predicted octanol–water partition coefficient (Wildman–Crippen LogP) is 4.23. The summed E-state index contributed by atoms with van der Waals surface area (Å²) >= 11 is 5.97. The largest absolute Gasteiger partial charge is 0.333 e. The van der Waals surface area contributed by atoms with E-state index in [1.807, 2.05) is 53.2 Å². The third kappa shape index (κ3) is 2.89. The molecule has 2 heterocycles. The van der Waals surface area contributed by atoms with Crippen LogP contribution in [0.1, 0.15) is 5.69 Å². The van der Waals surface area contributed by atoms with Gasteiger partial charge in [-0.15, -0.1) is 0 Å². The highest BCUT2D eigenvalue weighted by molar-refractivity contribution is 6.32. The molecule has 0 radical (unpaired) electrons. The zero-order valence-corrected chi connectivity index (χ0v) is 14.4. The molecule has 1 aliphatic rings. The summed E-state index contributed by atoms with van der Waals surface area (Å²) in [7, 11) is 0. The highest BCUT2D eigenvalue weighted by Crippen LogP contribution is 2.25. The van der Waals surface area contributed by atoms with Crippen molar-refractivity contribution in [3.8, 4) is 5.69 Å². The molecule has 0 aliphatic carbocycles. The lowest BCUT2D eigenvalue weighted by Gasteiger charge is -2.11. The van der Waals surface area contributed by atoms with Gasteiger partial charge in [-0.2, -0.15) is 0 Å². The molecular weight excluding hydrogens is 350 g/mol. The fourth-order valence-electron chi connectivity index (χ4n) is 2.87. The molecule has 0 bridgehead atoms. The van der Waals surface area contributed by atoms with E-state index in [9.17, 15) is 9.59 Å². The number of carbonyl (C=O) groups is 2. The second-order valence-corrected chi connectivity index (χ2v) is 6.18. The highest BCUT2D eigenvalue weighted by atomic mass is 35.5. The first-order valence-corrected chi connectivity index (χ1v) is 8.37. The number of anilines is 1. The van der Waals surface area contributed by atoms with Crippen LogP contribution in [-0.4, -0.2) is 16.5 Å². The number of halogens is 1. The second kappa shape index (κ2) is 6.54. The summed E-state index contributed by atoms with van der Waals surface area (Å²) in [5.74, 6) is -0.418. The first-order chi connectivity index (χ1) is 12.6. The van der Waals surface area contributed by atoms with Gasteiger partial charge in [-0.1, -0.05) is 35.9 Å². The van der Waals surface area contributed by atoms with Crippen LogP contribution in [0.25, 0.3) is 11.8 Å². The summed E-state index contributed by atoms with van der Waals surface area (Å²) in [5.41, 5.74) is 2.40. The number of hydrogen-bond acceptors (Lipinski definition) is 2. The fourth-order valence-corrected chi connectivity index (χ4v) is 3.05. The molecule has 1 N–H and O–H groups in total. The van der Waals surface area contributed by atoms with Gasteiger partial charge in [0.15, 0.2) is 0 Å². The zero-order valence-electron chi connectivity index (χ0n) is 13.6. The molecule has 2 aromatic carbocycles. The Morgan fingerprint density at radius 2 is 1.65 bits per heavy atom. The molecule has 1 saturated heterocycles. The number of rotatable bonds is 3. The van der Waals surface area contributed by atoms with Crippen LogP contribution in [0, 0.1) is 0 Å². The summed E-state index contributed by atoms with van der Waals surface area (Å²) in [6.07, 6.45) is 3.56. The standard InChI is InChI=1S/C20H14ClN3O2/c21-14-6-4-9-17(12-14)24-19(25)18(22-20(24)26)13-16-10-5-11-23(16)15-7-2-1-3-8-15/h1-13H,(H,22,26). The Labute approximate surface area is 155 Å². The Morgan fingerprint density at radius 1 is 0.885 bits per heavy atom. The average Bonchev–Trinajstić information content (AvgIpc) is 3.20. The van der Waals surface area contributed by atoms with Gasteiger partial charge >= 0.3 is 6.03 Å². The van der Waals surface area contributed by atoms with Gasteiger partial charge in [0, 0.05) is 22.6 Å². The van der Waals surface area contributed by atoms with E-state index in [0.717, 1.165) is 16.3 Å². The number of nitrogens with one attached hydrogen (secondary N) is 1. The molecule has 3 amide bonds. The van der Waals surface area contributed by atoms with E-state index in [1.54, 1.807) is 30.3 Å². The Hall–Kier alpha value is -3.31. The first-order valence-electron chi connectivity index (χ1n) is 7.99. The van der Waals surface area contributed by atoms with E-state index < -0.39 is 11.9 Å². The van der Waals surface area contributed by atoms with Crippen molar-refractivity contribution in [2.75, 3.05) is 4.90 Å². The molecule has 26 heavy (non-hydrogen) atoms. The van der Waals surface area contributed by atoms with Crippen molar-refractivity contribution in [1.82, 2.24) is 9.88 Å². The molecule has 6 heteroatoms. The fraction of sp³-hybridized carbons (Fsp3) is 0. The Kier molecular flexibility index (Phi) is 4.07. The number of hydrogen-bond donors (Lipinski definition) is 1. The van der Waals surface area contributed by atoms with Gasteiger partial charge in [0.2, 0.25) is 0 Å². The van der Waals surface area contributed by atoms with Crippen molar-refractivity contribution in [3.63, 3.8) is 0 Å². The molecular formula is C20H14ClN3O2. The lowest BCUT2D eigenvalue weighted by atomic mass is 10.2. The maximum Gasteiger partial charge on any atom is 0.333 e. The number of nitrogens with zero attached hydrogens (tertiary/aromatic N) is 2. The molecule has 128 valence electrons. The van der Waals surface area contributed by atoms with E-state index in [-0.39, 0.29) is 5.70 Å². The van der Waals surface area contributed by atoms with Crippen molar-refractivity contribution in [3.05, 3.63) is 89.3 Å². The van der Waals surface area contributed by atoms with Crippen LogP contribution in [0.3, 0.4) is 0 Å². The second-order valence-electron chi connectivity index (χ2n) is 5.75. The molecule has 1 aromatic heterocycles. The summed E-state index contributed by atoms with van der Waals surface area (Å²) in [6, 6.07) is 19.6. The molecule has 0 atom stereocenters. The number of amides is 3. The van der Waals surface area contributed by atoms with E-state index in [0.29, 0.717) is 10.7 Å². The van der Waals surface area contributed by atoms with Crippen LogP contribution in [0.4, 0.5) is 10.5 Å². The van der Waals surface area contributed by atoms with Crippen LogP contribution in [-0.2, 0) is 4.79 Å². The minimum absolute atomic E-state index is 0.214. The topological polar surface area (TPSA) is 54.3 Å². The number of imide groups is 1. The number of urea groups is 1. The highest BCUT2D eigenvalue weighted by Gasteiger charge is 2.35. The normalized spacial score (nSPS) is 15.6. The van der Waals surface area contributed by atoms with Gasteiger partial charge in [-0.3, -0.25) is 4.79 Å². The Bertz CT molecular complexity index is 1020. The van der Waals surface area contributed by atoms with Gasteiger partial charge < -0.3 is 9.88 Å². The summed E-state index contributed by atoms with van der Waals surface area (Å²) in [5, 5.41) is 3.09. The molecule has 0 saturated carbocycles. The van der Waals surface area contributed by atoms with E-state index in [2.05, 4.69) is 5.32 Å². The molecule has 0 spiro atoms. The predicted molar refractivity (Wildman–Crippen MR) is 101 cm³/mol. The monoisotopic (exact) mass is 363 g/mol. The molecule has 3 aromatic rings. The van der Waals surface area contributed by atoms with Crippen LogP contribution in [0.2, 0.25) is 5.02 Å². The molecule has 4 rings (SSSR count). The quantitative estimate of drug-likeness (QED) is 0.559. The first kappa shape index (κ1) is 16.2. The Balaban J connectivity index is 1.69. The minimum Gasteiger partial charge on any atom is -0.317 e. The van der Waals surface area contributed by atoms with Crippen LogP contribution >= 0.6 is 11.6 Å². The van der Waals surface area contributed by atoms with Gasteiger partial charge in [0.1, 0.15) is 5.70 Å². The molecule has 1 aliphatic heterocycles. The van der Waals surface area contributed by atoms with Crippen LogP contribution < -0.4 is 10.2 Å². The van der Waals surface area contributed by atoms with Crippen LogP contribution in [0.15, 0.2) is 78.6 Å². The smallest absolute Gasteiger partial charge is 0.317 e. The van der Waals surface area contributed by atoms with E-state index in [4.69, 9.17) is 11.6 Å². The Morgan fingerprint density at radius 3 is 2.42 bits per heavy atom. The van der Waals surface area contributed by atoms with Crippen molar-refractivity contribution in [1.29, 1.82) is 0 Å². The summed E-state index contributed by atoms with van der Waals surface area (Å²) in [6.45, 7) is 0. The molecule has 1 fully saturated rings. The summed E-state index contributed by atoms with van der Waals surface area (Å²) < 4.78 is 1.94. The van der Waals surface area contributed by atoms with Crippen molar-refractivity contribution in [2.45, 2.75) is 0 Å². The maximum atomic E-state index is 12.7. The maximum absolute atomic E-state index is 12.7. The SMILES string of the molecule is O=C1NC(=Cc2cccn2-c2ccccc2)C(=O)N1c1cccc(Cl)c1. The lowest BCUT2D eigenvalue weighted by molar-refractivity contribution is -0.113. The number of carbonyl (C=O) groups excluding carboxylic acids is 2. The van der Waals surface area contributed by atoms with Crippen molar-refractivity contribution >= 4 is 35.3 Å². The van der Waals surface area contributed by atoms with Gasteiger partial charge in [0.05, 0.1) is 5.69 Å². The summed E-state index contributed by atoms with van der Waals surface area (Å²) in [4.78, 5) is 26.1. The third-order valence-corrected chi connectivity index (χ3v) is 4.29. The van der Waals surface area contributed by atoms with Gasteiger partial charge in [-0.05, 0) is 48.5 Å². The minimum atomic E-state index is -0.499. The molecule has 0 unspecified atom stereocenters. The zero-order chi connectivity index (χ0) is 18.1. The third-order valence-electron chi connectivity index (χ3n) is 4.05. The van der Waals surface area contributed by atoms with Gasteiger partial charge in [0.25, 0.3) is 5.91 Å².